The molecule has 1 saturated heterocycles. The number of anilines is 1. The molecule has 7 heteroatoms. The lowest BCUT2D eigenvalue weighted by atomic mass is 9.73. The van der Waals surface area contributed by atoms with E-state index in [-0.39, 0.29) is 24.7 Å². The summed E-state index contributed by atoms with van der Waals surface area (Å²) in [5.74, 6) is 7.04. The third-order valence-electron chi connectivity index (χ3n) is 7.15. The van der Waals surface area contributed by atoms with E-state index in [4.69, 9.17) is 15.7 Å². The second-order valence-electron chi connectivity index (χ2n) is 9.08. The number of nitrogens with zero attached hydrogens (tertiary/aromatic N) is 4. The SMILES string of the molecule is N#Cc1ccccc1OCC#Cc1cnc(N2CCC3(CC2)Cc2ccccc2C3N)c(CO)n1. The van der Waals surface area contributed by atoms with Gasteiger partial charge in [0, 0.05) is 19.1 Å². The third-order valence-corrected chi connectivity index (χ3v) is 7.15. The zero-order valence-electron chi connectivity index (χ0n) is 19.4. The highest BCUT2D eigenvalue weighted by molar-refractivity contribution is 5.47. The predicted octanol–water partition coefficient (Wildman–Crippen LogP) is 3.11. The van der Waals surface area contributed by atoms with Crippen molar-refractivity contribution in [1.29, 1.82) is 5.26 Å². The van der Waals surface area contributed by atoms with Gasteiger partial charge in [-0.15, -0.1) is 0 Å². The summed E-state index contributed by atoms with van der Waals surface area (Å²) in [7, 11) is 0. The molecule has 176 valence electrons. The second kappa shape index (κ2) is 9.76. The molecule has 1 fully saturated rings. The first-order chi connectivity index (χ1) is 17.1. The number of hydrogen-bond donors (Lipinski definition) is 2. The van der Waals surface area contributed by atoms with Crippen molar-refractivity contribution in [1.82, 2.24) is 9.97 Å². The standard InChI is InChI=1S/C28H27N5O2/c29-17-21-7-2-4-10-25(21)35-15-5-8-22-18-31-27(24(19-34)32-22)33-13-11-28(12-14-33)16-20-6-1-3-9-23(20)26(28)30/h1-4,6-7,9-10,18,26,34H,11-16,19,30H2. The van der Waals surface area contributed by atoms with Gasteiger partial charge in [-0.2, -0.15) is 5.26 Å². The zero-order chi connectivity index (χ0) is 24.3. The molecule has 3 N–H and O–H groups in total. The lowest BCUT2D eigenvalue weighted by Crippen LogP contribution is -2.45. The van der Waals surface area contributed by atoms with Crippen LogP contribution in [0.5, 0.6) is 5.75 Å². The smallest absolute Gasteiger partial charge is 0.152 e. The van der Waals surface area contributed by atoms with Gasteiger partial charge in [0.25, 0.3) is 0 Å². The second-order valence-corrected chi connectivity index (χ2v) is 9.08. The van der Waals surface area contributed by atoms with Gasteiger partial charge in [0.05, 0.1) is 18.4 Å². The van der Waals surface area contributed by atoms with E-state index < -0.39 is 0 Å². The normalized spacial score (nSPS) is 17.9. The fourth-order valence-electron chi connectivity index (χ4n) is 5.25. The van der Waals surface area contributed by atoms with E-state index in [0.29, 0.717) is 28.5 Å². The summed E-state index contributed by atoms with van der Waals surface area (Å²) in [4.78, 5) is 11.3. The largest absolute Gasteiger partial charge is 0.480 e. The molecule has 2 aromatic carbocycles. The van der Waals surface area contributed by atoms with E-state index in [1.807, 2.05) is 6.07 Å². The Bertz CT molecular complexity index is 1330. The maximum absolute atomic E-state index is 9.96. The van der Waals surface area contributed by atoms with Crippen molar-refractivity contribution in [2.24, 2.45) is 11.1 Å². The Hall–Kier alpha value is -3.91. The minimum Gasteiger partial charge on any atom is -0.480 e. The number of fused-ring (bicyclic) bond motifs is 1. The highest BCUT2D eigenvalue weighted by Gasteiger charge is 2.46. The van der Waals surface area contributed by atoms with E-state index in [2.05, 4.69) is 57.0 Å². The molecule has 1 aromatic heterocycles. The fraction of sp³-hybridized carbons (Fsp3) is 0.321. The van der Waals surface area contributed by atoms with Gasteiger partial charge in [-0.05, 0) is 53.9 Å². The topological polar surface area (TPSA) is 108 Å². The van der Waals surface area contributed by atoms with E-state index in [1.54, 1.807) is 24.4 Å². The van der Waals surface area contributed by atoms with Crippen molar-refractivity contribution in [3.8, 4) is 23.7 Å². The minimum absolute atomic E-state index is 0.0595. The maximum atomic E-state index is 9.96. The maximum Gasteiger partial charge on any atom is 0.152 e. The van der Waals surface area contributed by atoms with Crippen LogP contribution in [0.1, 0.15) is 47.0 Å². The van der Waals surface area contributed by atoms with Crippen LogP contribution in [-0.2, 0) is 13.0 Å². The van der Waals surface area contributed by atoms with Gasteiger partial charge in [0.1, 0.15) is 29.8 Å². The number of nitrogens with two attached hydrogens (primary N) is 1. The van der Waals surface area contributed by atoms with Crippen LogP contribution >= 0.6 is 0 Å². The molecule has 1 atom stereocenters. The van der Waals surface area contributed by atoms with Crippen LogP contribution in [0, 0.1) is 28.6 Å². The van der Waals surface area contributed by atoms with Crippen LogP contribution in [0.2, 0.25) is 0 Å². The average molecular weight is 466 g/mol. The number of ether oxygens (including phenoxy) is 1. The van der Waals surface area contributed by atoms with Crippen molar-refractivity contribution in [2.45, 2.75) is 31.9 Å². The Morgan fingerprint density at radius 1 is 1.14 bits per heavy atom. The van der Waals surface area contributed by atoms with E-state index in [0.717, 1.165) is 32.4 Å². The van der Waals surface area contributed by atoms with E-state index in [1.165, 1.54) is 11.1 Å². The van der Waals surface area contributed by atoms with Gasteiger partial charge in [-0.3, -0.25) is 0 Å². The molecule has 35 heavy (non-hydrogen) atoms. The Morgan fingerprint density at radius 3 is 2.69 bits per heavy atom. The monoisotopic (exact) mass is 465 g/mol. The van der Waals surface area contributed by atoms with Gasteiger partial charge >= 0.3 is 0 Å². The molecule has 2 heterocycles. The average Bonchev–Trinajstić information content (AvgIpc) is 3.18. The van der Waals surface area contributed by atoms with Crippen molar-refractivity contribution in [3.63, 3.8) is 0 Å². The molecule has 1 unspecified atom stereocenters. The molecule has 7 nitrogen and oxygen atoms in total. The van der Waals surface area contributed by atoms with Gasteiger partial charge in [-0.25, -0.2) is 9.97 Å². The number of hydrogen-bond acceptors (Lipinski definition) is 7. The van der Waals surface area contributed by atoms with E-state index >= 15 is 0 Å². The van der Waals surface area contributed by atoms with E-state index in [9.17, 15) is 5.11 Å². The van der Waals surface area contributed by atoms with Crippen LogP contribution in [0.3, 0.4) is 0 Å². The minimum atomic E-state index is -0.212. The molecule has 1 aliphatic heterocycles. The Kier molecular flexibility index (Phi) is 6.37. The number of aromatic nitrogens is 2. The summed E-state index contributed by atoms with van der Waals surface area (Å²) in [5.41, 5.74) is 10.9. The number of benzene rings is 2. The summed E-state index contributed by atoms with van der Waals surface area (Å²) in [6.45, 7) is 1.55. The molecule has 0 bridgehead atoms. The first kappa shape index (κ1) is 22.9. The lowest BCUT2D eigenvalue weighted by molar-refractivity contribution is 0.186. The van der Waals surface area contributed by atoms with Crippen molar-refractivity contribution < 1.29 is 9.84 Å². The number of aliphatic hydroxyl groups is 1. The molecule has 5 rings (SSSR count). The molecular formula is C28H27N5O2. The summed E-state index contributed by atoms with van der Waals surface area (Å²) in [6.07, 6.45) is 4.59. The summed E-state index contributed by atoms with van der Waals surface area (Å²) >= 11 is 0. The highest BCUT2D eigenvalue weighted by Crippen LogP contribution is 2.50. The number of piperidine rings is 1. The molecule has 2 aliphatic rings. The number of nitriles is 1. The van der Waals surface area contributed by atoms with Crippen molar-refractivity contribution in [2.75, 3.05) is 24.6 Å². The van der Waals surface area contributed by atoms with Crippen molar-refractivity contribution >= 4 is 5.82 Å². The first-order valence-electron chi connectivity index (χ1n) is 11.8. The predicted molar refractivity (Wildman–Crippen MR) is 132 cm³/mol. The number of aliphatic hydroxyl groups excluding tert-OH is 1. The molecular weight excluding hydrogens is 438 g/mol. The quantitative estimate of drug-likeness (QED) is 0.570. The van der Waals surface area contributed by atoms with Crippen LogP contribution in [0.25, 0.3) is 0 Å². The van der Waals surface area contributed by atoms with Gasteiger partial charge in [-0.1, -0.05) is 42.3 Å². The Morgan fingerprint density at radius 2 is 1.91 bits per heavy atom. The van der Waals surface area contributed by atoms with Gasteiger partial charge in [0.2, 0.25) is 0 Å². The van der Waals surface area contributed by atoms with Crippen molar-refractivity contribution in [3.05, 3.63) is 82.8 Å². The zero-order valence-corrected chi connectivity index (χ0v) is 19.4. The van der Waals surface area contributed by atoms with Crippen LogP contribution in [0.4, 0.5) is 5.82 Å². The van der Waals surface area contributed by atoms with Crippen LogP contribution in [0.15, 0.2) is 54.7 Å². The number of rotatable bonds is 4. The summed E-state index contributed by atoms with van der Waals surface area (Å²) in [6, 6.07) is 17.7. The summed E-state index contributed by atoms with van der Waals surface area (Å²) in [5, 5.41) is 19.1. The molecule has 1 aliphatic carbocycles. The molecule has 3 aromatic rings. The van der Waals surface area contributed by atoms with Gasteiger partial charge < -0.3 is 20.5 Å². The number of para-hydroxylation sites is 1. The molecule has 0 saturated carbocycles. The molecule has 0 amide bonds. The lowest BCUT2D eigenvalue weighted by Gasteiger charge is -2.42. The fourth-order valence-corrected chi connectivity index (χ4v) is 5.25. The third kappa shape index (κ3) is 4.44. The highest BCUT2D eigenvalue weighted by atomic mass is 16.5. The van der Waals surface area contributed by atoms with Crippen LogP contribution in [-0.4, -0.2) is 34.8 Å². The molecule has 0 radical (unpaired) electrons. The molecule has 1 spiro atoms. The van der Waals surface area contributed by atoms with Gasteiger partial charge in [0.15, 0.2) is 5.82 Å². The Labute approximate surface area is 205 Å². The summed E-state index contributed by atoms with van der Waals surface area (Å²) < 4.78 is 5.59. The van der Waals surface area contributed by atoms with Crippen LogP contribution < -0.4 is 15.4 Å². The first-order valence-corrected chi connectivity index (χ1v) is 11.8. The Balaban J connectivity index is 1.24.